The SMILES string of the molecule is CN(CCc1ccncc1)Cc1cccnc1C(N)=NO. The predicted molar refractivity (Wildman–Crippen MR) is 81.0 cm³/mol. The predicted octanol–water partition coefficient (Wildman–Crippen LogP) is 1.25. The Kier molecular flexibility index (Phi) is 5.22. The van der Waals surface area contributed by atoms with Crippen LogP contribution in [0.1, 0.15) is 16.8 Å². The van der Waals surface area contributed by atoms with Crippen molar-refractivity contribution < 1.29 is 5.21 Å². The van der Waals surface area contributed by atoms with Crippen LogP contribution in [0.5, 0.6) is 0 Å². The van der Waals surface area contributed by atoms with Gasteiger partial charge in [0.1, 0.15) is 5.69 Å². The van der Waals surface area contributed by atoms with Crippen molar-refractivity contribution in [1.82, 2.24) is 14.9 Å². The first-order chi connectivity index (χ1) is 10.2. The van der Waals surface area contributed by atoms with E-state index in [9.17, 15) is 0 Å². The Morgan fingerprint density at radius 3 is 2.76 bits per heavy atom. The van der Waals surface area contributed by atoms with Gasteiger partial charge >= 0.3 is 0 Å². The highest BCUT2D eigenvalue weighted by Crippen LogP contribution is 2.09. The lowest BCUT2D eigenvalue weighted by Crippen LogP contribution is -2.24. The van der Waals surface area contributed by atoms with E-state index in [1.54, 1.807) is 18.6 Å². The molecule has 21 heavy (non-hydrogen) atoms. The zero-order chi connectivity index (χ0) is 15.1. The molecule has 0 atom stereocenters. The standard InChI is InChI=1S/C15H19N5O/c1-20(10-6-12-4-8-17-9-5-12)11-13-3-2-7-18-14(13)15(16)19-21/h2-5,7-9,21H,6,10-11H2,1H3,(H2,16,19). The molecule has 0 aliphatic carbocycles. The molecule has 0 amide bonds. The molecule has 0 saturated heterocycles. The topological polar surface area (TPSA) is 87.6 Å². The van der Waals surface area contributed by atoms with Crippen molar-refractivity contribution in [2.24, 2.45) is 10.9 Å². The maximum absolute atomic E-state index is 8.80. The number of hydrogen-bond acceptors (Lipinski definition) is 5. The molecular weight excluding hydrogens is 266 g/mol. The smallest absolute Gasteiger partial charge is 0.189 e. The summed E-state index contributed by atoms with van der Waals surface area (Å²) in [5.74, 6) is 0.0353. The normalized spacial score (nSPS) is 11.8. The quantitative estimate of drug-likeness (QED) is 0.361. The zero-order valence-corrected chi connectivity index (χ0v) is 12.0. The van der Waals surface area contributed by atoms with Gasteiger partial charge in [0.25, 0.3) is 0 Å². The molecule has 0 fully saturated rings. The number of nitrogens with two attached hydrogens (primary N) is 1. The van der Waals surface area contributed by atoms with Crippen molar-refractivity contribution in [3.63, 3.8) is 0 Å². The number of rotatable bonds is 6. The van der Waals surface area contributed by atoms with Crippen LogP contribution >= 0.6 is 0 Å². The number of aromatic nitrogens is 2. The Morgan fingerprint density at radius 1 is 1.29 bits per heavy atom. The molecule has 0 bridgehead atoms. The summed E-state index contributed by atoms with van der Waals surface area (Å²) in [5, 5.41) is 11.8. The first kappa shape index (κ1) is 14.9. The van der Waals surface area contributed by atoms with Crippen molar-refractivity contribution >= 4 is 5.84 Å². The number of likely N-dealkylation sites (N-methyl/N-ethyl adjacent to an activating group) is 1. The molecule has 6 heteroatoms. The van der Waals surface area contributed by atoms with Crippen LogP contribution < -0.4 is 5.73 Å². The largest absolute Gasteiger partial charge is 0.409 e. The van der Waals surface area contributed by atoms with Gasteiger partial charge in [-0.25, -0.2) is 0 Å². The summed E-state index contributed by atoms with van der Waals surface area (Å²) >= 11 is 0. The summed E-state index contributed by atoms with van der Waals surface area (Å²) in [6, 6.07) is 7.81. The highest BCUT2D eigenvalue weighted by molar-refractivity contribution is 5.96. The Labute approximate surface area is 123 Å². The second kappa shape index (κ2) is 7.35. The van der Waals surface area contributed by atoms with Crippen molar-refractivity contribution in [3.05, 3.63) is 59.7 Å². The van der Waals surface area contributed by atoms with E-state index in [0.717, 1.165) is 18.5 Å². The summed E-state index contributed by atoms with van der Waals surface area (Å²) < 4.78 is 0. The minimum Gasteiger partial charge on any atom is -0.409 e. The van der Waals surface area contributed by atoms with Crippen molar-refractivity contribution in [3.8, 4) is 0 Å². The molecule has 0 spiro atoms. The molecule has 2 rings (SSSR count). The molecule has 0 unspecified atom stereocenters. The Bertz CT molecular complexity index is 600. The molecule has 2 aromatic rings. The van der Waals surface area contributed by atoms with E-state index in [1.807, 2.05) is 31.3 Å². The van der Waals surface area contributed by atoms with E-state index in [2.05, 4.69) is 20.0 Å². The molecule has 0 aromatic carbocycles. The number of oxime groups is 1. The van der Waals surface area contributed by atoms with E-state index >= 15 is 0 Å². The summed E-state index contributed by atoms with van der Waals surface area (Å²) in [7, 11) is 2.03. The van der Waals surface area contributed by atoms with Crippen molar-refractivity contribution in [1.29, 1.82) is 0 Å². The maximum Gasteiger partial charge on any atom is 0.189 e. The third kappa shape index (κ3) is 4.25. The molecule has 110 valence electrons. The van der Waals surface area contributed by atoms with Gasteiger partial charge in [0, 0.05) is 31.7 Å². The lowest BCUT2D eigenvalue weighted by atomic mass is 10.1. The van der Waals surface area contributed by atoms with Crippen LogP contribution in [0.3, 0.4) is 0 Å². The number of pyridine rings is 2. The zero-order valence-electron chi connectivity index (χ0n) is 12.0. The summed E-state index contributed by atoms with van der Waals surface area (Å²) in [5.41, 5.74) is 8.36. The average Bonchev–Trinajstić information content (AvgIpc) is 2.54. The van der Waals surface area contributed by atoms with Crippen molar-refractivity contribution in [2.75, 3.05) is 13.6 Å². The van der Waals surface area contributed by atoms with Gasteiger partial charge in [0.2, 0.25) is 0 Å². The van der Waals surface area contributed by atoms with Crippen LogP contribution in [0.4, 0.5) is 0 Å². The second-order valence-corrected chi connectivity index (χ2v) is 4.84. The van der Waals surface area contributed by atoms with Crippen LogP contribution in [-0.4, -0.2) is 39.5 Å². The van der Waals surface area contributed by atoms with Gasteiger partial charge in [0.05, 0.1) is 0 Å². The second-order valence-electron chi connectivity index (χ2n) is 4.84. The van der Waals surface area contributed by atoms with E-state index in [-0.39, 0.29) is 5.84 Å². The van der Waals surface area contributed by atoms with Crippen LogP contribution in [-0.2, 0) is 13.0 Å². The van der Waals surface area contributed by atoms with Gasteiger partial charge < -0.3 is 15.8 Å². The molecule has 0 aliphatic heterocycles. The van der Waals surface area contributed by atoms with Crippen LogP contribution in [0.15, 0.2) is 48.0 Å². The third-order valence-electron chi connectivity index (χ3n) is 3.21. The third-order valence-corrected chi connectivity index (χ3v) is 3.21. The molecule has 2 aromatic heterocycles. The Balaban J connectivity index is 1.98. The highest BCUT2D eigenvalue weighted by Gasteiger charge is 2.10. The van der Waals surface area contributed by atoms with Gasteiger partial charge in [-0.2, -0.15) is 0 Å². The average molecular weight is 285 g/mol. The van der Waals surface area contributed by atoms with Crippen LogP contribution in [0.2, 0.25) is 0 Å². The van der Waals surface area contributed by atoms with Gasteiger partial charge in [-0.05, 0) is 42.8 Å². The van der Waals surface area contributed by atoms with Crippen LogP contribution in [0, 0.1) is 0 Å². The molecule has 0 radical (unpaired) electrons. The van der Waals surface area contributed by atoms with E-state index in [1.165, 1.54) is 5.56 Å². The fraction of sp³-hybridized carbons (Fsp3) is 0.267. The molecule has 3 N–H and O–H groups in total. The van der Waals surface area contributed by atoms with E-state index in [4.69, 9.17) is 10.9 Å². The minimum atomic E-state index is 0.0353. The summed E-state index contributed by atoms with van der Waals surface area (Å²) in [4.78, 5) is 10.4. The highest BCUT2D eigenvalue weighted by atomic mass is 16.4. The lowest BCUT2D eigenvalue weighted by Gasteiger charge is -2.18. The van der Waals surface area contributed by atoms with Gasteiger partial charge in [-0.15, -0.1) is 0 Å². The van der Waals surface area contributed by atoms with Gasteiger partial charge in [-0.1, -0.05) is 11.2 Å². The number of hydrogen-bond donors (Lipinski definition) is 2. The van der Waals surface area contributed by atoms with Gasteiger partial charge in [-0.3, -0.25) is 9.97 Å². The number of amidine groups is 1. The molecule has 0 saturated carbocycles. The van der Waals surface area contributed by atoms with E-state index in [0.29, 0.717) is 12.2 Å². The molecule has 2 heterocycles. The number of nitrogens with zero attached hydrogens (tertiary/aromatic N) is 4. The summed E-state index contributed by atoms with van der Waals surface area (Å²) in [6.45, 7) is 1.58. The summed E-state index contributed by atoms with van der Waals surface area (Å²) in [6.07, 6.45) is 6.17. The molecular formula is C15H19N5O. The van der Waals surface area contributed by atoms with Crippen LogP contribution in [0.25, 0.3) is 0 Å². The fourth-order valence-corrected chi connectivity index (χ4v) is 2.08. The van der Waals surface area contributed by atoms with E-state index < -0.39 is 0 Å². The van der Waals surface area contributed by atoms with Crippen molar-refractivity contribution in [2.45, 2.75) is 13.0 Å². The Morgan fingerprint density at radius 2 is 2.05 bits per heavy atom. The fourth-order valence-electron chi connectivity index (χ4n) is 2.08. The van der Waals surface area contributed by atoms with Gasteiger partial charge in [0.15, 0.2) is 5.84 Å². The Hall–Kier alpha value is -2.47. The molecule has 6 nitrogen and oxygen atoms in total. The maximum atomic E-state index is 8.80. The first-order valence-corrected chi connectivity index (χ1v) is 6.70. The minimum absolute atomic E-state index is 0.0353. The molecule has 0 aliphatic rings. The monoisotopic (exact) mass is 285 g/mol. The lowest BCUT2D eigenvalue weighted by molar-refractivity contribution is 0.317. The first-order valence-electron chi connectivity index (χ1n) is 6.70.